The van der Waals surface area contributed by atoms with Gasteiger partial charge in [0.25, 0.3) is 0 Å². The van der Waals surface area contributed by atoms with Gasteiger partial charge in [0.05, 0.1) is 18.0 Å². The molecule has 1 unspecified atom stereocenters. The average molecular weight is 377 g/mol. The van der Waals surface area contributed by atoms with E-state index < -0.39 is 0 Å². The fourth-order valence-corrected chi connectivity index (χ4v) is 3.52. The number of hydrogen-bond donors (Lipinski definition) is 2. The van der Waals surface area contributed by atoms with Gasteiger partial charge in [0.2, 0.25) is 11.8 Å². The lowest BCUT2D eigenvalue weighted by atomic mass is 9.90. The number of nitrogens with one attached hydrogen (secondary N) is 2. The van der Waals surface area contributed by atoms with Crippen LogP contribution in [0.15, 0.2) is 42.6 Å². The van der Waals surface area contributed by atoms with E-state index in [1.54, 1.807) is 30.2 Å². The number of fused-ring (bicyclic) bond motifs is 1. The molecule has 0 saturated heterocycles. The highest BCUT2D eigenvalue weighted by Crippen LogP contribution is 2.32. The number of hydrogen-bond acceptors (Lipinski definition) is 5. The van der Waals surface area contributed by atoms with Crippen LogP contribution >= 0.6 is 0 Å². The second-order valence-corrected chi connectivity index (χ2v) is 6.67. The number of carbonyl (C=O) groups is 2. The van der Waals surface area contributed by atoms with E-state index in [0.29, 0.717) is 31.0 Å². The van der Waals surface area contributed by atoms with Crippen molar-refractivity contribution in [2.75, 3.05) is 25.0 Å². The minimum atomic E-state index is -0.239. The smallest absolute Gasteiger partial charge is 0.222 e. The number of nitriles is 1. The Kier molecular flexibility index (Phi) is 6.22. The van der Waals surface area contributed by atoms with Crippen molar-refractivity contribution in [3.05, 3.63) is 59.3 Å². The Morgan fingerprint density at radius 3 is 2.86 bits per heavy atom. The molecule has 0 saturated carbocycles. The van der Waals surface area contributed by atoms with Gasteiger partial charge in [-0.25, -0.2) is 4.98 Å². The number of amides is 2. The average Bonchev–Trinajstić information content (AvgIpc) is 2.71. The molecule has 2 aromatic rings. The first-order valence-corrected chi connectivity index (χ1v) is 9.31. The molecule has 2 heterocycles. The first-order valence-electron chi connectivity index (χ1n) is 9.31. The first-order chi connectivity index (χ1) is 13.6. The van der Waals surface area contributed by atoms with Crippen molar-refractivity contribution in [3.8, 4) is 6.07 Å². The van der Waals surface area contributed by atoms with Crippen molar-refractivity contribution >= 4 is 17.6 Å². The Labute approximate surface area is 164 Å². The minimum Gasteiger partial charge on any atom is -0.367 e. The number of pyridine rings is 1. The molecular weight excluding hydrogens is 354 g/mol. The van der Waals surface area contributed by atoms with Crippen molar-refractivity contribution < 1.29 is 9.59 Å². The molecule has 0 spiro atoms. The summed E-state index contributed by atoms with van der Waals surface area (Å²) in [5.74, 6) is 0.368. The topological polar surface area (TPSA) is 98.1 Å². The van der Waals surface area contributed by atoms with Crippen LogP contribution in [0.25, 0.3) is 0 Å². The number of benzene rings is 1. The molecule has 7 heteroatoms. The van der Waals surface area contributed by atoms with Crippen molar-refractivity contribution in [1.29, 1.82) is 5.26 Å². The standard InChI is InChI=1S/C21H23N5O2/c1-15(27)26-12-8-16-5-2-3-7-18(16)19(26)13-20(28)23-10-11-25-21-17(14-22)6-4-9-24-21/h2-7,9,19H,8,10-13H2,1H3,(H,23,28)(H,24,25). The van der Waals surface area contributed by atoms with Gasteiger partial charge < -0.3 is 15.5 Å². The van der Waals surface area contributed by atoms with Gasteiger partial charge in [-0.2, -0.15) is 5.26 Å². The van der Waals surface area contributed by atoms with Crippen LogP contribution in [0.2, 0.25) is 0 Å². The van der Waals surface area contributed by atoms with Crippen LogP contribution in [0.1, 0.15) is 36.1 Å². The third-order valence-electron chi connectivity index (χ3n) is 4.86. The molecule has 1 aromatic carbocycles. The molecule has 3 rings (SSSR count). The molecule has 0 radical (unpaired) electrons. The number of aromatic nitrogens is 1. The van der Waals surface area contributed by atoms with E-state index in [1.165, 1.54) is 5.56 Å². The lowest BCUT2D eigenvalue weighted by molar-refractivity contribution is -0.133. The summed E-state index contributed by atoms with van der Waals surface area (Å²) in [6.45, 7) is 3.02. The van der Waals surface area contributed by atoms with E-state index in [1.807, 2.05) is 18.2 Å². The van der Waals surface area contributed by atoms with Gasteiger partial charge in [-0.05, 0) is 29.7 Å². The zero-order valence-corrected chi connectivity index (χ0v) is 15.8. The SMILES string of the molecule is CC(=O)N1CCc2ccccc2C1CC(=O)NCCNc1ncccc1C#N. The van der Waals surface area contributed by atoms with Gasteiger partial charge in [0.1, 0.15) is 11.9 Å². The van der Waals surface area contributed by atoms with Crippen LogP contribution in [-0.2, 0) is 16.0 Å². The quantitative estimate of drug-likeness (QED) is 0.751. The van der Waals surface area contributed by atoms with Gasteiger partial charge in [0.15, 0.2) is 0 Å². The lowest BCUT2D eigenvalue weighted by Crippen LogP contribution is -2.41. The molecule has 1 aliphatic heterocycles. The molecule has 2 N–H and O–H groups in total. The van der Waals surface area contributed by atoms with E-state index in [4.69, 9.17) is 5.26 Å². The lowest BCUT2D eigenvalue weighted by Gasteiger charge is -2.36. The zero-order valence-electron chi connectivity index (χ0n) is 15.8. The largest absolute Gasteiger partial charge is 0.367 e. The van der Waals surface area contributed by atoms with Crippen LogP contribution in [0.3, 0.4) is 0 Å². The maximum absolute atomic E-state index is 12.5. The maximum Gasteiger partial charge on any atom is 0.222 e. The molecule has 28 heavy (non-hydrogen) atoms. The van der Waals surface area contributed by atoms with Crippen molar-refractivity contribution in [3.63, 3.8) is 0 Å². The van der Waals surface area contributed by atoms with Gasteiger partial charge in [-0.3, -0.25) is 9.59 Å². The summed E-state index contributed by atoms with van der Waals surface area (Å²) in [6.07, 6.45) is 2.64. The molecule has 0 bridgehead atoms. The molecular formula is C21H23N5O2. The van der Waals surface area contributed by atoms with Crippen LogP contribution < -0.4 is 10.6 Å². The van der Waals surface area contributed by atoms with Crippen LogP contribution in [0.4, 0.5) is 5.82 Å². The summed E-state index contributed by atoms with van der Waals surface area (Å²) >= 11 is 0. The molecule has 1 aromatic heterocycles. The molecule has 144 valence electrons. The monoisotopic (exact) mass is 377 g/mol. The van der Waals surface area contributed by atoms with E-state index in [9.17, 15) is 9.59 Å². The number of rotatable bonds is 6. The maximum atomic E-state index is 12.5. The predicted molar refractivity (Wildman–Crippen MR) is 105 cm³/mol. The Hall–Kier alpha value is -3.40. The van der Waals surface area contributed by atoms with Gasteiger partial charge in [0, 0.05) is 32.8 Å². The molecule has 0 fully saturated rings. The Balaban J connectivity index is 1.56. The van der Waals surface area contributed by atoms with Crippen molar-refractivity contribution in [2.24, 2.45) is 0 Å². The number of anilines is 1. The summed E-state index contributed by atoms with van der Waals surface area (Å²) in [4.78, 5) is 30.4. The number of carbonyl (C=O) groups excluding carboxylic acids is 2. The molecule has 1 atom stereocenters. The van der Waals surface area contributed by atoms with E-state index in [2.05, 4.69) is 27.8 Å². The summed E-state index contributed by atoms with van der Waals surface area (Å²) in [6, 6.07) is 13.2. The van der Waals surface area contributed by atoms with Crippen molar-refractivity contribution in [2.45, 2.75) is 25.8 Å². The van der Waals surface area contributed by atoms with E-state index in [0.717, 1.165) is 12.0 Å². The summed E-state index contributed by atoms with van der Waals surface area (Å²) in [5.41, 5.74) is 2.70. The van der Waals surface area contributed by atoms with Gasteiger partial charge >= 0.3 is 0 Å². The fraction of sp³-hybridized carbons (Fsp3) is 0.333. The Bertz CT molecular complexity index is 906. The summed E-state index contributed by atoms with van der Waals surface area (Å²) in [5, 5.41) is 15.0. The van der Waals surface area contributed by atoms with Crippen LogP contribution in [0, 0.1) is 11.3 Å². The fourth-order valence-electron chi connectivity index (χ4n) is 3.52. The molecule has 7 nitrogen and oxygen atoms in total. The third-order valence-corrected chi connectivity index (χ3v) is 4.86. The van der Waals surface area contributed by atoms with Crippen molar-refractivity contribution in [1.82, 2.24) is 15.2 Å². The normalized spacial score (nSPS) is 15.3. The van der Waals surface area contributed by atoms with Gasteiger partial charge in [-0.1, -0.05) is 24.3 Å². The third kappa shape index (κ3) is 4.46. The second-order valence-electron chi connectivity index (χ2n) is 6.67. The van der Waals surface area contributed by atoms with Gasteiger partial charge in [-0.15, -0.1) is 0 Å². The zero-order chi connectivity index (χ0) is 19.9. The second kappa shape index (κ2) is 9.00. The van der Waals surface area contributed by atoms with Crippen LogP contribution in [0.5, 0.6) is 0 Å². The van der Waals surface area contributed by atoms with Crippen LogP contribution in [-0.4, -0.2) is 41.3 Å². The van der Waals surface area contributed by atoms with E-state index >= 15 is 0 Å². The first kappa shape index (κ1) is 19.4. The summed E-state index contributed by atoms with van der Waals surface area (Å²) < 4.78 is 0. The van der Waals surface area contributed by atoms with E-state index in [-0.39, 0.29) is 24.3 Å². The molecule has 0 aliphatic carbocycles. The highest BCUT2D eigenvalue weighted by molar-refractivity contribution is 5.79. The highest BCUT2D eigenvalue weighted by atomic mass is 16.2. The molecule has 2 amide bonds. The number of nitrogens with zero attached hydrogens (tertiary/aromatic N) is 3. The molecule has 1 aliphatic rings. The predicted octanol–water partition coefficient (Wildman–Crippen LogP) is 2.02. The summed E-state index contributed by atoms with van der Waals surface area (Å²) in [7, 11) is 0. The Morgan fingerprint density at radius 1 is 1.25 bits per heavy atom. The minimum absolute atomic E-state index is 0.0202. The highest BCUT2D eigenvalue weighted by Gasteiger charge is 2.30. The Morgan fingerprint density at radius 2 is 2.07 bits per heavy atom.